The van der Waals surface area contributed by atoms with E-state index in [0.717, 1.165) is 12.1 Å². The molecule has 7 heteroatoms. The van der Waals surface area contributed by atoms with Crippen molar-refractivity contribution in [3.8, 4) is 0 Å². The zero-order valence-corrected chi connectivity index (χ0v) is 10.6. The van der Waals surface area contributed by atoms with Crippen LogP contribution in [0.2, 0.25) is 0 Å². The van der Waals surface area contributed by atoms with Crippen LogP contribution < -0.4 is 5.32 Å². The minimum atomic E-state index is -0.948. The van der Waals surface area contributed by atoms with Crippen LogP contribution in [0.3, 0.4) is 0 Å². The molecule has 2 N–H and O–H groups in total. The van der Waals surface area contributed by atoms with Gasteiger partial charge in [-0.25, -0.2) is 4.39 Å². The number of non-ortho nitro benzene ring substituents is 1. The largest absolute Gasteiger partial charge is 0.393 e. The van der Waals surface area contributed by atoms with E-state index in [1.165, 1.54) is 0 Å². The summed E-state index contributed by atoms with van der Waals surface area (Å²) in [4.78, 5) is 21.4. The highest BCUT2D eigenvalue weighted by Gasteiger charge is 2.18. The summed E-state index contributed by atoms with van der Waals surface area (Å²) in [6, 6.07) is 2.51. The number of hydrogen-bond acceptors (Lipinski definition) is 4. The minimum Gasteiger partial charge on any atom is -0.393 e. The SMILES string of the molecule is CC(O)CC(C)NC(=O)c1ccc([N+](=O)[O-])cc1F. The maximum absolute atomic E-state index is 13.6. The van der Waals surface area contributed by atoms with Gasteiger partial charge in [-0.2, -0.15) is 0 Å². The molecule has 0 heterocycles. The summed E-state index contributed by atoms with van der Waals surface area (Å²) in [5.74, 6) is -1.61. The van der Waals surface area contributed by atoms with Gasteiger partial charge in [0.05, 0.1) is 22.7 Å². The number of amides is 1. The molecule has 0 bridgehead atoms. The summed E-state index contributed by atoms with van der Waals surface area (Å²) in [5.41, 5.74) is -0.672. The monoisotopic (exact) mass is 270 g/mol. The van der Waals surface area contributed by atoms with E-state index in [0.29, 0.717) is 12.5 Å². The van der Waals surface area contributed by atoms with Crippen LogP contribution in [0.1, 0.15) is 30.6 Å². The fraction of sp³-hybridized carbons (Fsp3) is 0.417. The van der Waals surface area contributed by atoms with Crippen molar-refractivity contribution < 1.29 is 19.2 Å². The summed E-state index contributed by atoms with van der Waals surface area (Å²) in [6.45, 7) is 3.25. The molecule has 19 heavy (non-hydrogen) atoms. The third-order valence-electron chi connectivity index (χ3n) is 2.48. The number of carbonyl (C=O) groups is 1. The summed E-state index contributed by atoms with van der Waals surface area (Å²) in [6.07, 6.45) is -0.252. The van der Waals surface area contributed by atoms with E-state index in [2.05, 4.69) is 5.32 Å². The number of nitrogens with one attached hydrogen (secondary N) is 1. The number of nitro benzene ring substituents is 1. The molecule has 2 atom stereocenters. The lowest BCUT2D eigenvalue weighted by molar-refractivity contribution is -0.385. The van der Waals surface area contributed by atoms with E-state index in [1.54, 1.807) is 13.8 Å². The molecule has 1 rings (SSSR count). The topological polar surface area (TPSA) is 92.5 Å². The molecule has 0 aromatic heterocycles. The Morgan fingerprint density at radius 3 is 2.63 bits per heavy atom. The molecule has 0 saturated heterocycles. The number of rotatable bonds is 5. The Morgan fingerprint density at radius 2 is 2.16 bits per heavy atom. The Kier molecular flexibility index (Phi) is 4.94. The molecule has 0 aliphatic carbocycles. The Morgan fingerprint density at radius 1 is 1.53 bits per heavy atom. The number of hydrogen-bond donors (Lipinski definition) is 2. The van der Waals surface area contributed by atoms with Crippen LogP contribution >= 0.6 is 0 Å². The molecule has 0 fully saturated rings. The van der Waals surface area contributed by atoms with Crippen molar-refractivity contribution in [2.75, 3.05) is 0 Å². The highest BCUT2D eigenvalue weighted by atomic mass is 19.1. The van der Waals surface area contributed by atoms with Crippen LogP contribution in [0, 0.1) is 15.9 Å². The first-order valence-electron chi connectivity index (χ1n) is 5.74. The van der Waals surface area contributed by atoms with Gasteiger partial charge in [-0.1, -0.05) is 0 Å². The average molecular weight is 270 g/mol. The first kappa shape index (κ1) is 15.0. The van der Waals surface area contributed by atoms with Crippen molar-refractivity contribution in [2.24, 2.45) is 0 Å². The molecular formula is C12H15FN2O4. The Balaban J connectivity index is 2.80. The molecule has 6 nitrogen and oxygen atoms in total. The van der Waals surface area contributed by atoms with Gasteiger partial charge in [0.2, 0.25) is 0 Å². The molecule has 1 aromatic rings. The number of halogens is 1. The summed E-state index contributed by atoms with van der Waals surface area (Å²) < 4.78 is 13.6. The first-order chi connectivity index (χ1) is 8.81. The number of benzene rings is 1. The quantitative estimate of drug-likeness (QED) is 0.628. The second-order valence-corrected chi connectivity index (χ2v) is 4.38. The second kappa shape index (κ2) is 6.24. The number of carbonyl (C=O) groups excluding carboxylic acids is 1. The van der Waals surface area contributed by atoms with Crippen LogP contribution in [0.15, 0.2) is 18.2 Å². The van der Waals surface area contributed by atoms with E-state index < -0.39 is 28.4 Å². The molecule has 0 saturated carbocycles. The predicted octanol–water partition coefficient (Wildman–Crippen LogP) is 1.62. The van der Waals surface area contributed by atoms with Gasteiger partial charge in [-0.3, -0.25) is 14.9 Å². The van der Waals surface area contributed by atoms with Crippen LogP contribution in [0.4, 0.5) is 10.1 Å². The summed E-state index contributed by atoms with van der Waals surface area (Å²) >= 11 is 0. The van der Waals surface area contributed by atoms with Crippen molar-refractivity contribution in [1.29, 1.82) is 0 Å². The van der Waals surface area contributed by atoms with Crippen molar-refractivity contribution in [2.45, 2.75) is 32.4 Å². The van der Waals surface area contributed by atoms with Gasteiger partial charge in [0.1, 0.15) is 5.82 Å². The maximum atomic E-state index is 13.6. The van der Waals surface area contributed by atoms with Crippen LogP contribution in [-0.4, -0.2) is 28.1 Å². The third-order valence-corrected chi connectivity index (χ3v) is 2.48. The van der Waals surface area contributed by atoms with Crippen molar-refractivity contribution in [3.63, 3.8) is 0 Å². The first-order valence-corrected chi connectivity index (χ1v) is 5.74. The van der Waals surface area contributed by atoms with Gasteiger partial charge in [-0.15, -0.1) is 0 Å². The lowest BCUT2D eigenvalue weighted by atomic mass is 10.1. The Hall–Kier alpha value is -2.02. The average Bonchev–Trinajstić information content (AvgIpc) is 2.26. The van der Waals surface area contributed by atoms with E-state index in [1.807, 2.05) is 0 Å². The molecule has 1 amide bonds. The number of aliphatic hydroxyl groups is 1. The van der Waals surface area contributed by atoms with Gasteiger partial charge in [0, 0.05) is 12.1 Å². The van der Waals surface area contributed by atoms with Crippen molar-refractivity contribution >= 4 is 11.6 Å². The van der Waals surface area contributed by atoms with Crippen LogP contribution in [0.5, 0.6) is 0 Å². The van der Waals surface area contributed by atoms with Crippen molar-refractivity contribution in [3.05, 3.63) is 39.7 Å². The number of nitro groups is 1. The predicted molar refractivity (Wildman–Crippen MR) is 66.3 cm³/mol. The fourth-order valence-corrected chi connectivity index (χ4v) is 1.67. The molecule has 0 spiro atoms. The molecule has 2 unspecified atom stereocenters. The highest BCUT2D eigenvalue weighted by Crippen LogP contribution is 2.16. The van der Waals surface area contributed by atoms with E-state index in [-0.39, 0.29) is 11.6 Å². The lowest BCUT2D eigenvalue weighted by Gasteiger charge is -2.15. The summed E-state index contributed by atoms with van der Waals surface area (Å²) in [7, 11) is 0. The lowest BCUT2D eigenvalue weighted by Crippen LogP contribution is -2.35. The zero-order valence-electron chi connectivity index (χ0n) is 10.6. The molecular weight excluding hydrogens is 255 g/mol. The van der Waals surface area contributed by atoms with Gasteiger partial charge in [0.25, 0.3) is 11.6 Å². The van der Waals surface area contributed by atoms with Crippen LogP contribution in [0.25, 0.3) is 0 Å². The summed E-state index contributed by atoms with van der Waals surface area (Å²) in [5, 5.41) is 22.1. The maximum Gasteiger partial charge on any atom is 0.272 e. The third kappa shape index (κ3) is 4.29. The molecule has 1 aromatic carbocycles. The van der Waals surface area contributed by atoms with E-state index in [4.69, 9.17) is 5.11 Å². The van der Waals surface area contributed by atoms with Gasteiger partial charge >= 0.3 is 0 Å². The van der Waals surface area contributed by atoms with E-state index in [9.17, 15) is 19.3 Å². The Labute approximate surface area is 109 Å². The molecule has 104 valence electrons. The standard InChI is InChI=1S/C12H15FN2O4/c1-7(5-8(2)16)14-12(17)10-4-3-9(15(18)19)6-11(10)13/h3-4,6-8,16H,5H2,1-2H3,(H,14,17). The van der Waals surface area contributed by atoms with Crippen molar-refractivity contribution in [1.82, 2.24) is 5.32 Å². The Bertz CT molecular complexity index is 491. The van der Waals surface area contributed by atoms with Gasteiger partial charge < -0.3 is 10.4 Å². The minimum absolute atomic E-state index is 0.261. The van der Waals surface area contributed by atoms with E-state index >= 15 is 0 Å². The highest BCUT2D eigenvalue weighted by molar-refractivity contribution is 5.94. The number of nitrogens with zero attached hydrogens (tertiary/aromatic N) is 1. The molecule has 0 radical (unpaired) electrons. The fourth-order valence-electron chi connectivity index (χ4n) is 1.67. The molecule has 0 aliphatic heterocycles. The smallest absolute Gasteiger partial charge is 0.272 e. The second-order valence-electron chi connectivity index (χ2n) is 4.38. The zero-order chi connectivity index (χ0) is 14.6. The number of aliphatic hydroxyl groups excluding tert-OH is 1. The molecule has 0 aliphatic rings. The van der Waals surface area contributed by atoms with Crippen LogP contribution in [-0.2, 0) is 0 Å². The van der Waals surface area contributed by atoms with Gasteiger partial charge in [-0.05, 0) is 26.3 Å². The normalized spacial score (nSPS) is 13.7. The van der Waals surface area contributed by atoms with Gasteiger partial charge in [0.15, 0.2) is 0 Å².